The number of benzene rings is 1. The van der Waals surface area contributed by atoms with Gasteiger partial charge in [0.1, 0.15) is 0 Å². The van der Waals surface area contributed by atoms with Gasteiger partial charge in [-0.05, 0) is 34.1 Å². The van der Waals surface area contributed by atoms with Crippen LogP contribution in [0.5, 0.6) is 0 Å². The molecule has 1 heterocycles. The Morgan fingerprint density at radius 3 is 2.56 bits per heavy atom. The van der Waals surface area contributed by atoms with Crippen LogP contribution in [0, 0.1) is 17.5 Å². The van der Waals surface area contributed by atoms with Crippen molar-refractivity contribution in [1.29, 1.82) is 0 Å². The van der Waals surface area contributed by atoms with Crippen molar-refractivity contribution in [3.05, 3.63) is 55.9 Å². The molecule has 2 aromatic rings. The van der Waals surface area contributed by atoms with Crippen molar-refractivity contribution in [2.24, 2.45) is 0 Å². The summed E-state index contributed by atoms with van der Waals surface area (Å²) in [6.07, 6.45) is -0.0434. The topological polar surface area (TPSA) is 17.1 Å². The molecule has 0 radical (unpaired) electrons. The number of thiophene rings is 1. The van der Waals surface area contributed by atoms with E-state index in [1.54, 1.807) is 11.4 Å². The molecule has 0 amide bonds. The van der Waals surface area contributed by atoms with Crippen molar-refractivity contribution in [3.8, 4) is 0 Å². The number of halogens is 4. The van der Waals surface area contributed by atoms with Gasteiger partial charge in [-0.3, -0.25) is 4.79 Å². The van der Waals surface area contributed by atoms with Crippen molar-refractivity contribution in [3.63, 3.8) is 0 Å². The normalized spacial score (nSPS) is 10.7. The molecule has 0 bridgehead atoms. The van der Waals surface area contributed by atoms with Crippen LogP contribution in [0.3, 0.4) is 0 Å². The van der Waals surface area contributed by atoms with E-state index in [0.29, 0.717) is 0 Å². The number of hydrogen-bond donors (Lipinski definition) is 0. The predicted molar refractivity (Wildman–Crippen MR) is 66.4 cm³/mol. The van der Waals surface area contributed by atoms with Crippen LogP contribution < -0.4 is 0 Å². The minimum Gasteiger partial charge on any atom is -0.294 e. The highest BCUT2D eigenvalue weighted by Crippen LogP contribution is 2.22. The molecule has 0 spiro atoms. The average Bonchev–Trinajstić information content (AvgIpc) is 2.71. The van der Waals surface area contributed by atoms with E-state index in [2.05, 4.69) is 15.9 Å². The first-order valence-corrected chi connectivity index (χ1v) is 6.56. The molecule has 0 atom stereocenters. The Hall–Kier alpha value is -1.14. The maximum absolute atomic E-state index is 13.4. The lowest BCUT2D eigenvalue weighted by atomic mass is 10.1. The average molecular weight is 335 g/mol. The van der Waals surface area contributed by atoms with Crippen LogP contribution >= 0.6 is 27.3 Å². The minimum atomic E-state index is -1.62. The lowest BCUT2D eigenvalue weighted by molar-refractivity contribution is 0.0988. The smallest absolute Gasteiger partial charge is 0.195 e. The van der Waals surface area contributed by atoms with Gasteiger partial charge in [-0.25, -0.2) is 13.2 Å². The SMILES string of the molecule is O=C(Cc1cc(Br)cs1)c1ccc(F)c(F)c1F. The Morgan fingerprint density at radius 2 is 1.94 bits per heavy atom. The molecular formula is C12H6BrF3OS. The van der Waals surface area contributed by atoms with Crippen LogP contribution in [0.4, 0.5) is 13.2 Å². The summed E-state index contributed by atoms with van der Waals surface area (Å²) >= 11 is 4.56. The van der Waals surface area contributed by atoms with Crippen molar-refractivity contribution < 1.29 is 18.0 Å². The Morgan fingerprint density at radius 1 is 1.22 bits per heavy atom. The molecule has 0 aliphatic heterocycles. The van der Waals surface area contributed by atoms with Gasteiger partial charge in [0.2, 0.25) is 0 Å². The fraction of sp³-hybridized carbons (Fsp3) is 0.0833. The van der Waals surface area contributed by atoms with Crippen LogP contribution in [-0.4, -0.2) is 5.78 Å². The summed E-state index contributed by atoms with van der Waals surface area (Å²) in [6, 6.07) is 3.43. The molecule has 1 nitrogen and oxygen atoms in total. The Bertz CT molecular complexity index is 609. The highest BCUT2D eigenvalue weighted by Gasteiger charge is 2.19. The first-order chi connectivity index (χ1) is 8.49. The Labute approximate surface area is 113 Å². The van der Waals surface area contributed by atoms with Crippen LogP contribution in [-0.2, 0) is 6.42 Å². The largest absolute Gasteiger partial charge is 0.294 e. The fourth-order valence-corrected chi connectivity index (χ4v) is 2.89. The van der Waals surface area contributed by atoms with Crippen LogP contribution in [0.2, 0.25) is 0 Å². The highest BCUT2D eigenvalue weighted by atomic mass is 79.9. The van der Waals surface area contributed by atoms with Gasteiger partial charge >= 0.3 is 0 Å². The number of rotatable bonds is 3. The van der Waals surface area contributed by atoms with E-state index in [-0.39, 0.29) is 6.42 Å². The molecule has 0 saturated carbocycles. The zero-order chi connectivity index (χ0) is 13.3. The Kier molecular flexibility index (Phi) is 3.87. The molecule has 1 aromatic carbocycles. The number of carbonyl (C=O) groups excluding carboxylic acids is 1. The molecule has 94 valence electrons. The van der Waals surface area contributed by atoms with Gasteiger partial charge in [-0.1, -0.05) is 0 Å². The molecule has 0 aliphatic carbocycles. The van der Waals surface area contributed by atoms with Crippen molar-refractivity contribution in [2.75, 3.05) is 0 Å². The molecule has 0 fully saturated rings. The molecule has 18 heavy (non-hydrogen) atoms. The second-order valence-corrected chi connectivity index (χ2v) is 5.47. The van der Waals surface area contributed by atoms with Gasteiger partial charge in [-0.2, -0.15) is 0 Å². The first-order valence-electron chi connectivity index (χ1n) is 4.88. The van der Waals surface area contributed by atoms with Gasteiger partial charge in [0.05, 0.1) is 5.56 Å². The zero-order valence-electron chi connectivity index (χ0n) is 8.84. The standard InChI is InChI=1S/C12H6BrF3OS/c13-6-3-7(18-5-6)4-10(17)8-1-2-9(14)12(16)11(8)15/h1-3,5H,4H2. The summed E-state index contributed by atoms with van der Waals surface area (Å²) in [6.45, 7) is 0. The van der Waals surface area contributed by atoms with Gasteiger partial charge in [0.15, 0.2) is 23.2 Å². The molecule has 6 heteroatoms. The van der Waals surface area contributed by atoms with E-state index in [1.165, 1.54) is 11.3 Å². The van der Waals surface area contributed by atoms with Gasteiger partial charge in [-0.15, -0.1) is 11.3 Å². The van der Waals surface area contributed by atoms with Crippen LogP contribution in [0.1, 0.15) is 15.2 Å². The van der Waals surface area contributed by atoms with Gasteiger partial charge in [0.25, 0.3) is 0 Å². The van der Waals surface area contributed by atoms with Gasteiger partial charge in [0, 0.05) is 21.2 Å². The third-order valence-corrected chi connectivity index (χ3v) is 3.99. The molecule has 0 unspecified atom stereocenters. The van der Waals surface area contributed by atoms with E-state index >= 15 is 0 Å². The summed E-state index contributed by atoms with van der Waals surface area (Å²) in [4.78, 5) is 12.5. The van der Waals surface area contributed by atoms with E-state index in [1.807, 2.05) is 0 Å². The van der Waals surface area contributed by atoms with Crippen molar-refractivity contribution in [1.82, 2.24) is 0 Å². The Balaban J connectivity index is 2.27. The molecule has 0 aliphatic rings. The molecule has 0 N–H and O–H groups in total. The second kappa shape index (κ2) is 5.24. The second-order valence-electron chi connectivity index (χ2n) is 3.55. The van der Waals surface area contributed by atoms with E-state index in [0.717, 1.165) is 21.5 Å². The van der Waals surface area contributed by atoms with Gasteiger partial charge < -0.3 is 0 Å². The zero-order valence-corrected chi connectivity index (χ0v) is 11.2. The minimum absolute atomic E-state index is 0.0434. The lowest BCUT2D eigenvalue weighted by Gasteiger charge is -2.02. The van der Waals surface area contributed by atoms with Crippen LogP contribution in [0.15, 0.2) is 28.1 Å². The number of Topliss-reactive ketones (excluding diaryl/α,β-unsaturated/α-hetero) is 1. The lowest BCUT2D eigenvalue weighted by Crippen LogP contribution is -2.07. The summed E-state index contributed by atoms with van der Waals surface area (Å²) < 4.78 is 39.9. The quantitative estimate of drug-likeness (QED) is 0.602. The molecular weight excluding hydrogens is 329 g/mol. The highest BCUT2D eigenvalue weighted by molar-refractivity contribution is 9.10. The number of ketones is 1. The summed E-state index contributed by atoms with van der Waals surface area (Å²) in [5.41, 5.74) is -0.432. The summed E-state index contributed by atoms with van der Waals surface area (Å²) in [5, 5.41) is 1.78. The molecule has 2 rings (SSSR count). The predicted octanol–water partition coefficient (Wildman–Crippen LogP) is 4.35. The maximum atomic E-state index is 13.4. The summed E-state index contributed by atoms with van der Waals surface area (Å²) in [5.74, 6) is -4.94. The van der Waals surface area contributed by atoms with E-state index < -0.39 is 28.8 Å². The molecule has 0 saturated heterocycles. The number of carbonyl (C=O) groups is 1. The van der Waals surface area contributed by atoms with E-state index in [9.17, 15) is 18.0 Å². The third-order valence-electron chi connectivity index (χ3n) is 2.29. The van der Waals surface area contributed by atoms with Crippen molar-refractivity contribution in [2.45, 2.75) is 6.42 Å². The van der Waals surface area contributed by atoms with Crippen molar-refractivity contribution >= 4 is 33.0 Å². The van der Waals surface area contributed by atoms with E-state index in [4.69, 9.17) is 0 Å². The molecule has 1 aromatic heterocycles. The number of hydrogen-bond acceptors (Lipinski definition) is 2. The first kappa shape index (κ1) is 13.3. The fourth-order valence-electron chi connectivity index (χ4n) is 1.44. The monoisotopic (exact) mass is 334 g/mol. The van der Waals surface area contributed by atoms with Crippen LogP contribution in [0.25, 0.3) is 0 Å². The maximum Gasteiger partial charge on any atom is 0.195 e. The summed E-state index contributed by atoms with van der Waals surface area (Å²) in [7, 11) is 0. The third kappa shape index (κ3) is 2.64.